The van der Waals surface area contributed by atoms with Crippen LogP contribution < -0.4 is 5.32 Å². The van der Waals surface area contributed by atoms with E-state index in [0.717, 1.165) is 0 Å². The molecule has 0 unspecified atom stereocenters. The Morgan fingerprint density at radius 1 is 0.935 bits per heavy atom. The van der Waals surface area contributed by atoms with E-state index in [-0.39, 0.29) is 28.6 Å². The van der Waals surface area contributed by atoms with Crippen molar-refractivity contribution in [3.8, 4) is 0 Å². The van der Waals surface area contributed by atoms with Crippen LogP contribution in [0.1, 0.15) is 59.7 Å². The van der Waals surface area contributed by atoms with Gasteiger partial charge in [-0.05, 0) is 50.6 Å². The number of nitrogens with one attached hydrogen (secondary N) is 2. The summed E-state index contributed by atoms with van der Waals surface area (Å²) < 4.78 is 5.19. The molecule has 0 aliphatic carbocycles. The minimum absolute atomic E-state index is 0.128. The number of rotatable bonds is 7. The van der Waals surface area contributed by atoms with Gasteiger partial charge in [-0.15, -0.1) is 0 Å². The van der Waals surface area contributed by atoms with Gasteiger partial charge in [-0.3, -0.25) is 14.4 Å². The van der Waals surface area contributed by atoms with Crippen molar-refractivity contribution in [3.63, 3.8) is 0 Å². The van der Waals surface area contributed by atoms with Gasteiger partial charge >= 0.3 is 5.97 Å². The van der Waals surface area contributed by atoms with E-state index >= 15 is 0 Å². The summed E-state index contributed by atoms with van der Waals surface area (Å²) in [6.07, 6.45) is 0. The Morgan fingerprint density at radius 2 is 1.58 bits per heavy atom. The maximum atomic E-state index is 12.6. The van der Waals surface area contributed by atoms with Gasteiger partial charge < -0.3 is 15.0 Å². The lowest BCUT2D eigenvalue weighted by Crippen LogP contribution is -2.18. The molecular weight excluding hydrogens is 396 g/mol. The lowest BCUT2D eigenvalue weighted by atomic mass is 10.1. The first-order chi connectivity index (χ1) is 14.8. The van der Waals surface area contributed by atoms with E-state index in [9.17, 15) is 19.2 Å². The second-order valence-electron chi connectivity index (χ2n) is 7.05. The van der Waals surface area contributed by atoms with Gasteiger partial charge in [-0.25, -0.2) is 4.79 Å². The summed E-state index contributed by atoms with van der Waals surface area (Å²) >= 11 is 0. The van der Waals surface area contributed by atoms with Gasteiger partial charge in [0.15, 0.2) is 12.4 Å². The number of H-pyrrole nitrogens is 1. The average molecular weight is 418 g/mol. The second-order valence-corrected chi connectivity index (χ2v) is 7.05. The normalized spacial score (nSPS) is 10.4. The maximum absolute atomic E-state index is 12.6. The third kappa shape index (κ3) is 4.78. The molecule has 2 N–H and O–H groups in total. The predicted octanol–water partition coefficient (Wildman–Crippen LogP) is 4.13. The molecule has 0 saturated carbocycles. The highest BCUT2D eigenvalue weighted by Crippen LogP contribution is 2.20. The monoisotopic (exact) mass is 418 g/mol. The second kappa shape index (κ2) is 9.21. The van der Waals surface area contributed by atoms with Crippen molar-refractivity contribution >= 4 is 29.1 Å². The SMILES string of the molecule is CC(=O)c1c(C)[nH]c(C(=O)COC(=O)c2ccccc2NC(=O)c2ccccc2)c1C. The van der Waals surface area contributed by atoms with Crippen LogP contribution in [-0.2, 0) is 4.74 Å². The number of aryl methyl sites for hydroxylation is 1. The Morgan fingerprint density at radius 3 is 2.23 bits per heavy atom. The van der Waals surface area contributed by atoms with Gasteiger partial charge in [0.1, 0.15) is 0 Å². The van der Waals surface area contributed by atoms with Crippen LogP contribution >= 0.6 is 0 Å². The molecule has 7 nitrogen and oxygen atoms in total. The van der Waals surface area contributed by atoms with E-state index in [4.69, 9.17) is 4.74 Å². The van der Waals surface area contributed by atoms with Gasteiger partial charge in [0, 0.05) is 16.8 Å². The molecule has 2 aromatic carbocycles. The molecule has 158 valence electrons. The van der Waals surface area contributed by atoms with Gasteiger partial charge in [-0.2, -0.15) is 0 Å². The number of carbonyl (C=O) groups excluding carboxylic acids is 4. The van der Waals surface area contributed by atoms with E-state index in [1.165, 1.54) is 13.0 Å². The number of hydrogen-bond acceptors (Lipinski definition) is 5. The third-order valence-electron chi connectivity index (χ3n) is 4.83. The number of carbonyl (C=O) groups is 4. The molecule has 0 saturated heterocycles. The average Bonchev–Trinajstić information content (AvgIpc) is 3.06. The highest BCUT2D eigenvalue weighted by molar-refractivity contribution is 6.08. The minimum atomic E-state index is -0.745. The van der Waals surface area contributed by atoms with E-state index in [1.54, 1.807) is 62.4 Å². The first kappa shape index (κ1) is 21.7. The molecule has 0 aliphatic heterocycles. The van der Waals surface area contributed by atoms with Crippen LogP contribution in [0.15, 0.2) is 54.6 Å². The number of anilines is 1. The Labute approximate surface area is 179 Å². The number of hydrogen-bond donors (Lipinski definition) is 2. The summed E-state index contributed by atoms with van der Waals surface area (Å²) in [5.41, 5.74) is 2.67. The molecule has 1 heterocycles. The topological polar surface area (TPSA) is 105 Å². The summed E-state index contributed by atoms with van der Waals surface area (Å²) in [7, 11) is 0. The molecule has 3 aromatic rings. The van der Waals surface area contributed by atoms with Gasteiger partial charge in [-0.1, -0.05) is 30.3 Å². The van der Waals surface area contributed by atoms with Crippen LogP contribution in [0.4, 0.5) is 5.69 Å². The molecule has 0 bridgehead atoms. The number of aromatic amines is 1. The number of ether oxygens (including phenoxy) is 1. The first-order valence-electron chi connectivity index (χ1n) is 9.65. The summed E-state index contributed by atoms with van der Waals surface area (Å²) in [5.74, 6) is -1.71. The van der Waals surface area contributed by atoms with E-state index in [0.29, 0.717) is 22.4 Å². The fraction of sp³-hybridized carbons (Fsp3) is 0.167. The molecule has 0 aliphatic rings. The van der Waals surface area contributed by atoms with Crippen molar-refractivity contribution in [1.82, 2.24) is 4.98 Å². The third-order valence-corrected chi connectivity index (χ3v) is 4.83. The van der Waals surface area contributed by atoms with Crippen molar-refractivity contribution < 1.29 is 23.9 Å². The number of amides is 1. The standard InChI is InChI=1S/C24H22N2O5/c1-14-21(16(3)27)15(2)25-22(14)20(28)13-31-24(30)18-11-7-8-12-19(18)26-23(29)17-9-5-4-6-10-17/h4-12,25H,13H2,1-3H3,(H,26,29). The smallest absolute Gasteiger partial charge is 0.340 e. The van der Waals surface area contributed by atoms with Crippen molar-refractivity contribution in [2.45, 2.75) is 20.8 Å². The molecule has 0 radical (unpaired) electrons. The molecule has 0 spiro atoms. The molecule has 0 atom stereocenters. The van der Waals surface area contributed by atoms with Crippen LogP contribution in [0.2, 0.25) is 0 Å². The Kier molecular flexibility index (Phi) is 6.45. The quantitative estimate of drug-likeness (QED) is 0.443. The number of aromatic nitrogens is 1. The van der Waals surface area contributed by atoms with Crippen LogP contribution in [0.25, 0.3) is 0 Å². The maximum Gasteiger partial charge on any atom is 0.340 e. The van der Waals surface area contributed by atoms with Crippen molar-refractivity contribution in [1.29, 1.82) is 0 Å². The summed E-state index contributed by atoms with van der Waals surface area (Å²) in [6, 6.07) is 15.0. The molecular formula is C24H22N2O5. The highest BCUT2D eigenvalue weighted by Gasteiger charge is 2.22. The number of Topliss-reactive ketones (excluding diaryl/α,β-unsaturated/α-hetero) is 2. The van der Waals surface area contributed by atoms with Crippen molar-refractivity contribution in [2.24, 2.45) is 0 Å². The molecule has 0 fully saturated rings. The summed E-state index contributed by atoms with van der Waals surface area (Å²) in [5, 5.41) is 2.69. The van der Waals surface area contributed by atoms with E-state index < -0.39 is 18.4 Å². The van der Waals surface area contributed by atoms with E-state index in [2.05, 4.69) is 10.3 Å². The van der Waals surface area contributed by atoms with Crippen molar-refractivity contribution in [2.75, 3.05) is 11.9 Å². The lowest BCUT2D eigenvalue weighted by Gasteiger charge is -2.11. The number of para-hydroxylation sites is 1. The minimum Gasteiger partial charge on any atom is -0.454 e. The lowest BCUT2D eigenvalue weighted by molar-refractivity contribution is 0.0474. The van der Waals surface area contributed by atoms with Crippen LogP contribution in [0, 0.1) is 13.8 Å². The van der Waals surface area contributed by atoms with Crippen LogP contribution in [0.3, 0.4) is 0 Å². The Balaban J connectivity index is 1.72. The number of benzene rings is 2. The van der Waals surface area contributed by atoms with Crippen molar-refractivity contribution in [3.05, 3.63) is 88.2 Å². The van der Waals surface area contributed by atoms with Crippen LogP contribution in [0.5, 0.6) is 0 Å². The zero-order valence-electron chi connectivity index (χ0n) is 17.4. The van der Waals surface area contributed by atoms with Gasteiger partial charge in [0.05, 0.1) is 16.9 Å². The molecule has 3 rings (SSSR count). The molecule has 7 heteroatoms. The van der Waals surface area contributed by atoms with E-state index in [1.807, 2.05) is 0 Å². The Hall–Kier alpha value is -4.00. The summed E-state index contributed by atoms with van der Waals surface area (Å²) in [6.45, 7) is 4.30. The zero-order valence-corrected chi connectivity index (χ0v) is 17.4. The predicted molar refractivity (Wildman–Crippen MR) is 116 cm³/mol. The molecule has 1 aromatic heterocycles. The van der Waals surface area contributed by atoms with Gasteiger partial charge in [0.2, 0.25) is 5.78 Å². The Bertz CT molecular complexity index is 1160. The fourth-order valence-electron chi connectivity index (χ4n) is 3.39. The molecule has 1 amide bonds. The van der Waals surface area contributed by atoms with Crippen LogP contribution in [-0.4, -0.2) is 35.0 Å². The fourth-order valence-corrected chi connectivity index (χ4v) is 3.39. The first-order valence-corrected chi connectivity index (χ1v) is 9.65. The van der Waals surface area contributed by atoms with Gasteiger partial charge in [0.25, 0.3) is 5.91 Å². The molecule has 31 heavy (non-hydrogen) atoms. The highest BCUT2D eigenvalue weighted by atomic mass is 16.5. The number of esters is 1. The largest absolute Gasteiger partial charge is 0.454 e. The zero-order chi connectivity index (χ0) is 22.5. The summed E-state index contributed by atoms with van der Waals surface area (Å²) in [4.78, 5) is 52.2. The number of ketones is 2.